The predicted molar refractivity (Wildman–Crippen MR) is 605 cm³/mol. The van der Waals surface area contributed by atoms with Gasteiger partial charge in [-0.2, -0.15) is 0 Å². The zero-order chi connectivity index (χ0) is 102. The topological polar surface area (TPSA) is 62.3 Å². The van der Waals surface area contributed by atoms with Crippen molar-refractivity contribution in [3.8, 4) is 78.5 Å². The third-order valence-electron chi connectivity index (χ3n) is 27.8. The molecule has 0 aliphatic carbocycles. The maximum absolute atomic E-state index is 9.16. The van der Waals surface area contributed by atoms with Gasteiger partial charge in [-0.3, -0.25) is 0 Å². The van der Waals surface area contributed by atoms with E-state index in [1.807, 2.05) is 109 Å². The largest absolute Gasteiger partial charge is 0.456 e. The van der Waals surface area contributed by atoms with E-state index in [0.717, 1.165) is 139 Å². The molecule has 676 valence electrons. The summed E-state index contributed by atoms with van der Waals surface area (Å²) < 4.78 is 97.9. The van der Waals surface area contributed by atoms with Crippen LogP contribution in [-0.2, 0) is 0 Å². The maximum atomic E-state index is 9.16. The van der Waals surface area contributed by atoms with Crippen molar-refractivity contribution in [3.63, 3.8) is 0 Å². The molecule has 7 nitrogen and oxygen atoms in total. The van der Waals surface area contributed by atoms with Gasteiger partial charge in [-0.1, -0.05) is 412 Å². The Morgan fingerprint density at radius 2 is 0.549 bits per heavy atom. The molecule has 29 rings (SSSR count). The molecular formula is C136H87N3O4S. The molecule has 1 aliphatic rings. The second-order valence-corrected chi connectivity index (χ2v) is 37.1. The second-order valence-electron chi connectivity index (χ2n) is 36.0. The first-order valence-electron chi connectivity index (χ1n) is 52.2. The van der Waals surface area contributed by atoms with E-state index in [1.54, 1.807) is 0 Å². The Bertz CT molecular complexity index is 10200. The van der Waals surface area contributed by atoms with Gasteiger partial charge in [-0.15, -0.1) is 0 Å². The summed E-state index contributed by atoms with van der Waals surface area (Å²) in [7, 11) is 0. The molecule has 0 atom stereocenters. The SMILES string of the molecule is [2H]c1c([2H])c([2H])c2c(c1[2H])c1oc(-c3ccc4c(c3)oc3cc(N(c5ccccc5)c5ccccc5)ccc34)c(-c3ccccc3)c1c1c([2H])c([2H])c([2H])c([2H])c21.c1ccc(-c2c(-c3ccc(-c4ccc(N5c6ccccc6Sc6ccccc65)cc4)cc3)oc3c4ccccc4c4ccccc4c23)cc1.c1ccc(-c2c(-c3ccc(N(c4ccccc4)c4ccccc4)c4ccccc34)oc3c4ccccc4c4ccccc4c23)cc1. The Hall–Kier alpha value is -18.7. The first-order valence-corrected chi connectivity index (χ1v) is 49.1. The molecule has 5 heterocycles. The predicted octanol–water partition coefficient (Wildman–Crippen LogP) is 39.8. The van der Waals surface area contributed by atoms with Crippen LogP contribution in [0.5, 0.6) is 0 Å². The summed E-state index contributed by atoms with van der Waals surface area (Å²) >= 11 is 1.83. The highest BCUT2D eigenvalue weighted by atomic mass is 32.2. The molecule has 0 amide bonds. The van der Waals surface area contributed by atoms with Crippen molar-refractivity contribution >= 4 is 193 Å². The van der Waals surface area contributed by atoms with Crippen LogP contribution in [0.3, 0.4) is 0 Å². The molecule has 1 aliphatic heterocycles. The molecule has 24 aromatic carbocycles. The lowest BCUT2D eigenvalue weighted by Crippen LogP contribution is -2.14. The summed E-state index contributed by atoms with van der Waals surface area (Å²) in [5, 5.41) is 16.4. The van der Waals surface area contributed by atoms with Gasteiger partial charge in [0, 0.05) is 132 Å². The van der Waals surface area contributed by atoms with E-state index in [2.05, 4.69) is 397 Å². The third kappa shape index (κ3) is 14.6. The fourth-order valence-electron chi connectivity index (χ4n) is 21.4. The van der Waals surface area contributed by atoms with Gasteiger partial charge >= 0.3 is 0 Å². The Kier molecular flexibility index (Phi) is 19.0. The van der Waals surface area contributed by atoms with Crippen LogP contribution in [0.15, 0.2) is 555 Å². The molecule has 0 unspecified atom stereocenters. The number of fused-ring (bicyclic) bond motifs is 24. The number of furan rings is 4. The quantitative estimate of drug-likeness (QED) is 0.0998. The molecule has 4 aromatic heterocycles. The van der Waals surface area contributed by atoms with E-state index >= 15 is 0 Å². The molecule has 8 heteroatoms. The van der Waals surface area contributed by atoms with Crippen molar-refractivity contribution in [2.24, 2.45) is 0 Å². The first kappa shape index (κ1) is 76.3. The molecule has 28 aromatic rings. The van der Waals surface area contributed by atoms with Crippen molar-refractivity contribution in [1.82, 2.24) is 0 Å². The zero-order valence-corrected chi connectivity index (χ0v) is 78.3. The van der Waals surface area contributed by atoms with Crippen LogP contribution in [0, 0.1) is 0 Å². The fraction of sp³-hybridized carbons (Fsp3) is 0. The number of para-hydroxylation sites is 6. The summed E-state index contributed by atoms with van der Waals surface area (Å²) in [5.41, 5.74) is 23.9. The summed E-state index contributed by atoms with van der Waals surface area (Å²) in [6.45, 7) is 0. The van der Waals surface area contributed by atoms with Crippen LogP contribution in [-0.4, -0.2) is 0 Å². The first-order chi connectivity index (χ1) is 74.8. The molecule has 0 bridgehead atoms. The van der Waals surface area contributed by atoms with Crippen LogP contribution in [0.1, 0.15) is 11.0 Å². The summed E-state index contributed by atoms with van der Waals surface area (Å²) in [6, 6.07) is 163. The lowest BCUT2D eigenvalue weighted by Gasteiger charge is -2.32. The Morgan fingerprint density at radius 1 is 0.208 bits per heavy atom. The van der Waals surface area contributed by atoms with Gasteiger partial charge < -0.3 is 32.4 Å². The van der Waals surface area contributed by atoms with Crippen molar-refractivity contribution in [1.29, 1.82) is 0 Å². The van der Waals surface area contributed by atoms with Gasteiger partial charge in [0.05, 0.1) is 28.0 Å². The minimum atomic E-state index is -0.509. The van der Waals surface area contributed by atoms with Gasteiger partial charge in [0.1, 0.15) is 45.2 Å². The number of anilines is 9. The normalized spacial score (nSPS) is 12.6. The number of benzene rings is 24. The highest BCUT2D eigenvalue weighted by Crippen LogP contribution is 2.56. The molecule has 0 fully saturated rings. The molecule has 0 spiro atoms. The fourth-order valence-corrected chi connectivity index (χ4v) is 22.5. The molecule has 0 radical (unpaired) electrons. The number of nitrogens with zero attached hydrogens (tertiary/aromatic N) is 3. The Balaban J connectivity index is 0.000000112. The molecule has 144 heavy (non-hydrogen) atoms. The van der Waals surface area contributed by atoms with Crippen LogP contribution in [0.4, 0.5) is 51.2 Å². The lowest BCUT2D eigenvalue weighted by molar-refractivity contribution is 0.635. The monoisotopic (exact) mass is 1870 g/mol. The summed E-state index contributed by atoms with van der Waals surface area (Å²) in [6.07, 6.45) is 0. The van der Waals surface area contributed by atoms with Gasteiger partial charge in [-0.05, 0) is 203 Å². The number of hydrogen-bond acceptors (Lipinski definition) is 8. The highest BCUT2D eigenvalue weighted by Gasteiger charge is 2.31. The van der Waals surface area contributed by atoms with Crippen molar-refractivity contribution in [2.75, 3.05) is 14.7 Å². The smallest absolute Gasteiger partial charge is 0.143 e. The average molecular weight is 1870 g/mol. The highest BCUT2D eigenvalue weighted by molar-refractivity contribution is 7.99. The van der Waals surface area contributed by atoms with Crippen LogP contribution >= 0.6 is 11.8 Å². The Labute approximate surface area is 846 Å². The molecule has 0 saturated carbocycles. The average Bonchev–Trinajstić information content (AvgIpc) is 1.48. The number of hydrogen-bond donors (Lipinski definition) is 0. The van der Waals surface area contributed by atoms with Gasteiger partial charge in [-0.25, -0.2) is 0 Å². The van der Waals surface area contributed by atoms with Crippen LogP contribution in [0.2, 0.25) is 0 Å². The van der Waals surface area contributed by atoms with Crippen LogP contribution in [0.25, 0.3) is 209 Å². The van der Waals surface area contributed by atoms with Crippen LogP contribution < -0.4 is 14.7 Å². The van der Waals surface area contributed by atoms with E-state index in [9.17, 15) is 0 Å². The zero-order valence-electron chi connectivity index (χ0n) is 85.5. The molecule has 0 N–H and O–H groups in total. The van der Waals surface area contributed by atoms with E-state index in [4.69, 9.17) is 28.6 Å². The summed E-state index contributed by atoms with van der Waals surface area (Å²) in [4.78, 5) is 9.40. The van der Waals surface area contributed by atoms with Crippen molar-refractivity contribution < 1.29 is 28.6 Å². The van der Waals surface area contributed by atoms with Crippen molar-refractivity contribution in [2.45, 2.75) is 9.79 Å². The lowest BCUT2D eigenvalue weighted by atomic mass is 9.91. The third-order valence-corrected chi connectivity index (χ3v) is 28.9. The van der Waals surface area contributed by atoms with Gasteiger partial charge in [0.25, 0.3) is 0 Å². The van der Waals surface area contributed by atoms with E-state index in [-0.39, 0.29) is 39.2 Å². The minimum Gasteiger partial charge on any atom is -0.456 e. The standard InChI is InChI=1S/C46H29NO2.C46H29NOS.C44H29NO/c1-4-14-30(15-5-1)43-44-39-22-12-10-20-35(39)36-21-11-13-23-40(36)46(44)49-45(43)31-24-26-37-38-27-25-34(29-42(38)48-41(37)28-31)47(32-16-6-2-7-17-32)33-18-8-3-9-19-33;1-2-12-32(13-3-1)43-44-37-16-6-4-14-35(37)36-15-5-7-17-38(36)46(44)48-45(43)33-24-22-30(23-25-33)31-26-28-34(29-27-31)47-39-18-8-10-20-41(39)49-42-21-11-9-19-40(42)47;1-4-16-30(17-5-1)41-42-37-26-14-11-22-33(37)34-23-12-15-27-38(34)44(42)46-43(41)39-28-29-40(36-25-13-10-24-35(36)39)45(31-18-6-2-7-19-31)32-20-8-3-9-21-32/h2*1-29H;1-29H/i10D,11D,12D,13D,20D,21D,22D,23D;;. The van der Waals surface area contributed by atoms with E-state index < -0.39 is 36.3 Å². The molecule has 0 saturated heterocycles. The van der Waals surface area contributed by atoms with Crippen molar-refractivity contribution in [3.05, 3.63) is 528 Å². The van der Waals surface area contributed by atoms with E-state index in [0.29, 0.717) is 39.0 Å². The van der Waals surface area contributed by atoms with Gasteiger partial charge in [0.2, 0.25) is 0 Å². The molecular weight excluding hydrogens is 1770 g/mol. The van der Waals surface area contributed by atoms with Gasteiger partial charge in [0.15, 0.2) is 0 Å². The van der Waals surface area contributed by atoms with E-state index in [1.165, 1.54) is 64.6 Å². The maximum Gasteiger partial charge on any atom is 0.143 e. The minimum absolute atomic E-state index is 0.00335. The summed E-state index contributed by atoms with van der Waals surface area (Å²) in [5.74, 6) is 2.13. The second kappa shape index (κ2) is 35.9. The Morgan fingerprint density at radius 3 is 1.05 bits per heavy atom. The number of rotatable bonds is 14.